The highest BCUT2D eigenvalue weighted by Gasteiger charge is 2.42. The van der Waals surface area contributed by atoms with E-state index in [1.54, 1.807) is 0 Å². The van der Waals surface area contributed by atoms with E-state index in [1.807, 2.05) is 0 Å². The van der Waals surface area contributed by atoms with Gasteiger partial charge in [-0.05, 0) is 24.6 Å². The van der Waals surface area contributed by atoms with E-state index in [4.69, 9.17) is 9.47 Å². The number of nitrogens with zero attached hydrogens (tertiary/aromatic N) is 1. The van der Waals surface area contributed by atoms with Crippen LogP contribution in [0.2, 0.25) is 0 Å². The minimum atomic E-state index is -0.766. The van der Waals surface area contributed by atoms with Crippen molar-refractivity contribution in [2.45, 2.75) is 18.6 Å². The third-order valence-corrected chi connectivity index (χ3v) is 3.68. The summed E-state index contributed by atoms with van der Waals surface area (Å²) in [5.41, 5.74) is -0.250. The van der Waals surface area contributed by atoms with Crippen molar-refractivity contribution >= 4 is 5.91 Å². The van der Waals surface area contributed by atoms with Crippen LogP contribution in [0.15, 0.2) is 18.2 Å². The zero-order valence-electron chi connectivity index (χ0n) is 10.9. The van der Waals surface area contributed by atoms with Gasteiger partial charge in [0.05, 0.1) is 25.3 Å². The molecule has 0 aromatic heterocycles. The highest BCUT2D eigenvalue weighted by atomic mass is 19.1. The van der Waals surface area contributed by atoms with Crippen molar-refractivity contribution in [2.24, 2.45) is 0 Å². The number of carbonyl (C=O) groups is 1. The molecular weight excluding hydrogens is 268 g/mol. The number of amides is 1. The molecule has 0 bridgehead atoms. The summed E-state index contributed by atoms with van der Waals surface area (Å²) in [5.74, 6) is -2.64. The topological polar surface area (TPSA) is 38.8 Å². The minimum Gasteiger partial charge on any atom is -0.346 e. The SMILES string of the molecule is O=C(c1cc(F)ccc1F)N1CCCC2(C1)OCCO2. The largest absolute Gasteiger partial charge is 0.346 e. The molecule has 0 N–H and O–H groups in total. The number of hydrogen-bond acceptors (Lipinski definition) is 3. The lowest BCUT2D eigenvalue weighted by Crippen LogP contribution is -2.51. The van der Waals surface area contributed by atoms with E-state index in [2.05, 4.69) is 0 Å². The van der Waals surface area contributed by atoms with E-state index in [-0.39, 0.29) is 12.1 Å². The van der Waals surface area contributed by atoms with Gasteiger partial charge in [0, 0.05) is 13.0 Å². The van der Waals surface area contributed by atoms with Gasteiger partial charge >= 0.3 is 0 Å². The number of halogens is 2. The van der Waals surface area contributed by atoms with E-state index < -0.39 is 23.3 Å². The molecule has 0 saturated carbocycles. The van der Waals surface area contributed by atoms with E-state index in [1.165, 1.54) is 4.90 Å². The minimum absolute atomic E-state index is 0.250. The van der Waals surface area contributed by atoms with Crippen LogP contribution < -0.4 is 0 Å². The molecule has 0 radical (unpaired) electrons. The van der Waals surface area contributed by atoms with Gasteiger partial charge in [0.1, 0.15) is 11.6 Å². The van der Waals surface area contributed by atoms with Gasteiger partial charge in [-0.3, -0.25) is 4.79 Å². The molecule has 2 heterocycles. The van der Waals surface area contributed by atoms with Crippen molar-refractivity contribution in [3.8, 4) is 0 Å². The number of benzene rings is 1. The van der Waals surface area contributed by atoms with Gasteiger partial charge in [0.2, 0.25) is 0 Å². The lowest BCUT2D eigenvalue weighted by Gasteiger charge is -2.38. The first-order valence-electron chi connectivity index (χ1n) is 6.62. The van der Waals surface area contributed by atoms with Crippen molar-refractivity contribution < 1.29 is 23.0 Å². The van der Waals surface area contributed by atoms with Gasteiger partial charge in [-0.2, -0.15) is 0 Å². The molecule has 2 saturated heterocycles. The molecule has 6 heteroatoms. The van der Waals surface area contributed by atoms with E-state index in [0.29, 0.717) is 32.6 Å². The molecular formula is C14H15F2NO3. The number of piperidine rings is 1. The maximum Gasteiger partial charge on any atom is 0.257 e. The predicted octanol–water partition coefficient (Wildman–Crippen LogP) is 1.94. The Balaban J connectivity index is 1.81. The standard InChI is InChI=1S/C14H15F2NO3/c15-10-2-3-12(16)11(8-10)13(18)17-5-1-4-14(9-17)19-6-7-20-14/h2-3,8H,1,4-7,9H2. The summed E-state index contributed by atoms with van der Waals surface area (Å²) in [5, 5.41) is 0. The number of likely N-dealkylation sites (tertiary alicyclic amines) is 1. The normalized spacial score (nSPS) is 21.4. The van der Waals surface area contributed by atoms with Crippen LogP contribution in [0.5, 0.6) is 0 Å². The maximum absolute atomic E-state index is 13.7. The molecule has 2 aliphatic heterocycles. The zero-order chi connectivity index (χ0) is 14.2. The summed E-state index contributed by atoms with van der Waals surface area (Å²) in [6.07, 6.45) is 1.42. The fourth-order valence-corrected chi connectivity index (χ4v) is 2.73. The Morgan fingerprint density at radius 3 is 2.75 bits per heavy atom. The summed E-state index contributed by atoms with van der Waals surface area (Å²) < 4.78 is 38.0. The average Bonchev–Trinajstić information content (AvgIpc) is 2.88. The van der Waals surface area contributed by atoms with E-state index in [0.717, 1.165) is 18.2 Å². The summed E-state index contributed by atoms with van der Waals surface area (Å²) >= 11 is 0. The number of hydrogen-bond donors (Lipinski definition) is 0. The van der Waals surface area contributed by atoms with Crippen molar-refractivity contribution in [2.75, 3.05) is 26.3 Å². The molecule has 4 nitrogen and oxygen atoms in total. The van der Waals surface area contributed by atoms with Crippen molar-refractivity contribution in [3.63, 3.8) is 0 Å². The summed E-state index contributed by atoms with van der Waals surface area (Å²) in [6, 6.07) is 2.88. The van der Waals surface area contributed by atoms with Crippen LogP contribution in [0.25, 0.3) is 0 Å². The van der Waals surface area contributed by atoms with Crippen molar-refractivity contribution in [3.05, 3.63) is 35.4 Å². The van der Waals surface area contributed by atoms with Gasteiger partial charge < -0.3 is 14.4 Å². The third kappa shape index (κ3) is 2.41. The van der Waals surface area contributed by atoms with Gasteiger partial charge in [-0.25, -0.2) is 8.78 Å². The van der Waals surface area contributed by atoms with Crippen LogP contribution in [0.1, 0.15) is 23.2 Å². The first-order chi connectivity index (χ1) is 9.60. The maximum atomic E-state index is 13.7. The molecule has 3 rings (SSSR count). The fourth-order valence-electron chi connectivity index (χ4n) is 2.73. The van der Waals surface area contributed by atoms with Gasteiger partial charge in [-0.15, -0.1) is 0 Å². The Morgan fingerprint density at radius 2 is 2.00 bits per heavy atom. The Morgan fingerprint density at radius 1 is 1.25 bits per heavy atom. The Kier molecular flexibility index (Phi) is 3.43. The summed E-state index contributed by atoms with van der Waals surface area (Å²) in [7, 11) is 0. The molecule has 20 heavy (non-hydrogen) atoms. The quantitative estimate of drug-likeness (QED) is 0.790. The molecule has 2 fully saturated rings. The van der Waals surface area contributed by atoms with Crippen LogP contribution in [-0.2, 0) is 9.47 Å². The van der Waals surface area contributed by atoms with Crippen molar-refractivity contribution in [1.29, 1.82) is 0 Å². The average molecular weight is 283 g/mol. The van der Waals surface area contributed by atoms with Crippen LogP contribution in [-0.4, -0.2) is 42.9 Å². The lowest BCUT2D eigenvalue weighted by molar-refractivity contribution is -0.183. The summed E-state index contributed by atoms with van der Waals surface area (Å²) in [6.45, 7) is 1.73. The molecule has 2 aliphatic rings. The molecule has 1 amide bonds. The number of ether oxygens (including phenoxy) is 2. The molecule has 1 aromatic carbocycles. The smallest absolute Gasteiger partial charge is 0.257 e. The molecule has 0 aliphatic carbocycles. The van der Waals surface area contributed by atoms with Crippen LogP contribution in [0, 0.1) is 11.6 Å². The van der Waals surface area contributed by atoms with Crippen LogP contribution in [0.4, 0.5) is 8.78 Å². The Bertz CT molecular complexity index is 529. The van der Waals surface area contributed by atoms with Gasteiger partial charge in [0.15, 0.2) is 5.79 Å². The molecule has 108 valence electrons. The molecule has 0 unspecified atom stereocenters. The highest BCUT2D eigenvalue weighted by Crippen LogP contribution is 2.31. The van der Waals surface area contributed by atoms with Crippen LogP contribution >= 0.6 is 0 Å². The third-order valence-electron chi connectivity index (χ3n) is 3.68. The monoisotopic (exact) mass is 283 g/mol. The summed E-state index contributed by atoms with van der Waals surface area (Å²) in [4.78, 5) is 13.8. The first-order valence-corrected chi connectivity index (χ1v) is 6.62. The zero-order valence-corrected chi connectivity index (χ0v) is 10.9. The number of carbonyl (C=O) groups excluding carboxylic acids is 1. The second-order valence-electron chi connectivity index (χ2n) is 5.06. The second kappa shape index (κ2) is 5.10. The fraction of sp³-hybridized carbons (Fsp3) is 0.500. The molecule has 1 spiro atoms. The first kappa shape index (κ1) is 13.5. The second-order valence-corrected chi connectivity index (χ2v) is 5.06. The van der Waals surface area contributed by atoms with E-state index >= 15 is 0 Å². The lowest BCUT2D eigenvalue weighted by atomic mass is 10.0. The van der Waals surface area contributed by atoms with Crippen molar-refractivity contribution in [1.82, 2.24) is 4.90 Å². The molecule has 1 aromatic rings. The molecule has 0 atom stereocenters. The predicted molar refractivity (Wildman–Crippen MR) is 66.1 cm³/mol. The number of rotatable bonds is 1. The van der Waals surface area contributed by atoms with E-state index in [9.17, 15) is 13.6 Å². The Labute approximate surface area is 115 Å². The van der Waals surface area contributed by atoms with Gasteiger partial charge in [-0.1, -0.05) is 0 Å². The Hall–Kier alpha value is -1.53. The van der Waals surface area contributed by atoms with Crippen LogP contribution in [0.3, 0.4) is 0 Å². The van der Waals surface area contributed by atoms with Gasteiger partial charge in [0.25, 0.3) is 5.91 Å². The highest BCUT2D eigenvalue weighted by molar-refractivity contribution is 5.94.